The molecule has 3 heterocycles. The van der Waals surface area contributed by atoms with Gasteiger partial charge in [0.05, 0.1) is 28.7 Å². The minimum Gasteiger partial charge on any atom is -0.359 e. The smallest absolute Gasteiger partial charge is 0.241 e. The fourth-order valence-electron chi connectivity index (χ4n) is 3.90. The number of hydrogen-bond acceptors (Lipinski definition) is 3. The highest BCUT2D eigenvalue weighted by molar-refractivity contribution is 9.10. The minimum absolute atomic E-state index is 0.168. The van der Waals surface area contributed by atoms with E-state index in [9.17, 15) is 9.59 Å². The number of carbonyl (C=O) groups excluding carboxylic acids is 2. The van der Waals surface area contributed by atoms with Crippen molar-refractivity contribution in [2.75, 3.05) is 4.90 Å². The number of fused-ring (bicyclic) bond motifs is 5. The average molecular weight is 348 g/mol. The Balaban J connectivity index is 1.82. The van der Waals surface area contributed by atoms with Gasteiger partial charge in [0.2, 0.25) is 11.8 Å². The highest BCUT2D eigenvalue weighted by Crippen LogP contribution is 2.57. The van der Waals surface area contributed by atoms with Crippen LogP contribution in [0.2, 0.25) is 0 Å². The number of carbonyl (C=O) groups is 2. The number of halogens is 1. The second-order valence-electron chi connectivity index (χ2n) is 6.25. The van der Waals surface area contributed by atoms with Crippen LogP contribution in [-0.2, 0) is 14.3 Å². The number of imide groups is 1. The molecular weight excluding hydrogens is 334 g/mol. The fraction of sp³-hybridized carbons (Fsp3) is 0.375. The van der Waals surface area contributed by atoms with E-state index in [-0.39, 0.29) is 11.8 Å². The van der Waals surface area contributed by atoms with Crippen LogP contribution in [-0.4, -0.2) is 23.0 Å². The standard InChI is InChI=1S/C16H14BrNO3/c1-15-6-7-16(2,21-15)12-11(15)13(19)18(14(12)20)10-5-3-4-9(17)8-10/h3-8,11-12H,1-2H3/t11-,12-,15-,16+/m1/s1. The van der Waals surface area contributed by atoms with E-state index in [1.807, 2.05) is 38.1 Å². The number of amides is 2. The molecule has 108 valence electrons. The molecule has 0 radical (unpaired) electrons. The number of anilines is 1. The molecule has 2 bridgehead atoms. The molecule has 0 unspecified atom stereocenters. The van der Waals surface area contributed by atoms with E-state index in [0.29, 0.717) is 5.69 Å². The molecule has 0 spiro atoms. The predicted octanol–water partition coefficient (Wildman–Crippen LogP) is 2.67. The summed E-state index contributed by atoms with van der Waals surface area (Å²) < 4.78 is 6.81. The van der Waals surface area contributed by atoms with E-state index in [1.165, 1.54) is 4.90 Å². The van der Waals surface area contributed by atoms with Gasteiger partial charge in [-0.05, 0) is 32.0 Å². The van der Waals surface area contributed by atoms with E-state index >= 15 is 0 Å². The Morgan fingerprint density at radius 1 is 1.10 bits per heavy atom. The van der Waals surface area contributed by atoms with E-state index in [4.69, 9.17) is 4.74 Å². The summed E-state index contributed by atoms with van der Waals surface area (Å²) in [5.74, 6) is -1.20. The first-order valence-electron chi connectivity index (χ1n) is 6.90. The molecule has 4 rings (SSSR count). The highest BCUT2D eigenvalue weighted by atomic mass is 79.9. The third kappa shape index (κ3) is 1.53. The van der Waals surface area contributed by atoms with Crippen molar-refractivity contribution in [3.8, 4) is 0 Å². The largest absolute Gasteiger partial charge is 0.359 e. The molecule has 2 saturated heterocycles. The molecule has 2 fully saturated rings. The Hall–Kier alpha value is -1.46. The molecule has 1 aromatic rings. The van der Waals surface area contributed by atoms with Gasteiger partial charge in [0.15, 0.2) is 0 Å². The summed E-state index contributed by atoms with van der Waals surface area (Å²) in [7, 11) is 0. The lowest BCUT2D eigenvalue weighted by Crippen LogP contribution is -2.39. The molecule has 3 aliphatic heterocycles. The summed E-state index contributed by atoms with van der Waals surface area (Å²) in [4.78, 5) is 27.0. The lowest BCUT2D eigenvalue weighted by atomic mass is 9.73. The van der Waals surface area contributed by atoms with Crippen LogP contribution in [0.1, 0.15) is 13.8 Å². The molecule has 2 amide bonds. The number of rotatable bonds is 1. The third-order valence-corrected chi connectivity index (χ3v) is 5.29. The van der Waals surface area contributed by atoms with E-state index in [2.05, 4.69) is 15.9 Å². The van der Waals surface area contributed by atoms with Crippen LogP contribution in [0.15, 0.2) is 40.9 Å². The van der Waals surface area contributed by atoms with Gasteiger partial charge in [0, 0.05) is 4.47 Å². The zero-order valence-electron chi connectivity index (χ0n) is 11.7. The van der Waals surface area contributed by atoms with Crippen molar-refractivity contribution in [2.45, 2.75) is 25.0 Å². The van der Waals surface area contributed by atoms with Crippen molar-refractivity contribution in [3.05, 3.63) is 40.9 Å². The van der Waals surface area contributed by atoms with Gasteiger partial charge in [0.1, 0.15) is 0 Å². The van der Waals surface area contributed by atoms with Crippen LogP contribution in [0.3, 0.4) is 0 Å². The van der Waals surface area contributed by atoms with Crippen LogP contribution >= 0.6 is 15.9 Å². The van der Waals surface area contributed by atoms with Crippen LogP contribution in [0.4, 0.5) is 5.69 Å². The molecule has 4 atom stereocenters. The Morgan fingerprint density at radius 2 is 1.67 bits per heavy atom. The Labute approximate surface area is 130 Å². The maximum Gasteiger partial charge on any atom is 0.241 e. The van der Waals surface area contributed by atoms with Crippen molar-refractivity contribution in [3.63, 3.8) is 0 Å². The zero-order chi connectivity index (χ0) is 15.0. The van der Waals surface area contributed by atoms with Gasteiger partial charge in [-0.25, -0.2) is 4.90 Å². The molecule has 3 aliphatic rings. The monoisotopic (exact) mass is 347 g/mol. The van der Waals surface area contributed by atoms with Crippen molar-refractivity contribution < 1.29 is 14.3 Å². The van der Waals surface area contributed by atoms with E-state index in [1.54, 1.807) is 12.1 Å². The molecule has 0 saturated carbocycles. The van der Waals surface area contributed by atoms with Gasteiger partial charge in [-0.1, -0.05) is 34.1 Å². The molecule has 0 aromatic heterocycles. The van der Waals surface area contributed by atoms with Gasteiger partial charge < -0.3 is 4.74 Å². The topological polar surface area (TPSA) is 46.6 Å². The van der Waals surface area contributed by atoms with Gasteiger partial charge in [-0.2, -0.15) is 0 Å². The molecule has 0 aliphatic carbocycles. The van der Waals surface area contributed by atoms with Crippen LogP contribution in [0, 0.1) is 11.8 Å². The third-order valence-electron chi connectivity index (χ3n) is 4.79. The fourth-order valence-corrected chi connectivity index (χ4v) is 4.29. The summed E-state index contributed by atoms with van der Waals surface area (Å²) in [6.45, 7) is 3.77. The van der Waals surface area contributed by atoms with Gasteiger partial charge in [-0.3, -0.25) is 9.59 Å². The van der Waals surface area contributed by atoms with Crippen LogP contribution < -0.4 is 4.90 Å². The summed E-state index contributed by atoms with van der Waals surface area (Å²) >= 11 is 3.38. The maximum atomic E-state index is 12.8. The first-order valence-corrected chi connectivity index (χ1v) is 7.69. The summed E-state index contributed by atoms with van der Waals surface area (Å²) in [6.07, 6.45) is 3.84. The summed E-state index contributed by atoms with van der Waals surface area (Å²) in [5, 5.41) is 0. The summed E-state index contributed by atoms with van der Waals surface area (Å²) in [6, 6.07) is 7.26. The van der Waals surface area contributed by atoms with Crippen molar-refractivity contribution in [2.24, 2.45) is 11.8 Å². The lowest BCUT2D eigenvalue weighted by molar-refractivity contribution is -0.128. The second-order valence-corrected chi connectivity index (χ2v) is 7.17. The highest BCUT2D eigenvalue weighted by Gasteiger charge is 2.70. The Kier molecular flexibility index (Phi) is 2.42. The van der Waals surface area contributed by atoms with Gasteiger partial charge in [0.25, 0.3) is 0 Å². The second kappa shape index (κ2) is 3.84. The van der Waals surface area contributed by atoms with Crippen LogP contribution in [0.25, 0.3) is 0 Å². The molecule has 4 nitrogen and oxygen atoms in total. The molecule has 0 N–H and O–H groups in total. The number of hydrogen-bond donors (Lipinski definition) is 0. The predicted molar refractivity (Wildman–Crippen MR) is 80.7 cm³/mol. The van der Waals surface area contributed by atoms with Gasteiger partial charge >= 0.3 is 0 Å². The van der Waals surface area contributed by atoms with E-state index < -0.39 is 23.0 Å². The molecule has 21 heavy (non-hydrogen) atoms. The maximum absolute atomic E-state index is 12.8. The Bertz CT molecular complexity index is 679. The first kappa shape index (κ1) is 13.2. The summed E-state index contributed by atoms with van der Waals surface area (Å²) in [5.41, 5.74) is -0.736. The van der Waals surface area contributed by atoms with Crippen molar-refractivity contribution in [1.29, 1.82) is 0 Å². The molecule has 1 aromatic carbocycles. The average Bonchev–Trinajstić information content (AvgIpc) is 2.95. The molecular formula is C16H14BrNO3. The number of benzene rings is 1. The zero-order valence-corrected chi connectivity index (χ0v) is 13.3. The van der Waals surface area contributed by atoms with E-state index in [0.717, 1.165) is 4.47 Å². The quantitative estimate of drug-likeness (QED) is 0.579. The SMILES string of the molecule is C[C@]12C=C[C@](C)(O1)[C@H]1C(=O)N(c3cccc(Br)c3)C(=O)[C@@H]12. The van der Waals surface area contributed by atoms with Gasteiger partial charge in [-0.15, -0.1) is 0 Å². The van der Waals surface area contributed by atoms with Crippen LogP contribution in [0.5, 0.6) is 0 Å². The van der Waals surface area contributed by atoms with Crippen molar-refractivity contribution in [1.82, 2.24) is 0 Å². The first-order chi connectivity index (χ1) is 9.86. The molecule has 5 heteroatoms. The minimum atomic E-state index is -0.674. The van der Waals surface area contributed by atoms with Crippen molar-refractivity contribution >= 4 is 33.4 Å². The number of ether oxygens (including phenoxy) is 1. The normalized spacial score (nSPS) is 40.2. The lowest BCUT2D eigenvalue weighted by Gasteiger charge is -2.25. The number of nitrogens with zero attached hydrogens (tertiary/aromatic N) is 1. The Morgan fingerprint density at radius 3 is 2.19 bits per heavy atom.